The number of hydrogen-bond acceptors (Lipinski definition) is 4. The highest BCUT2D eigenvalue weighted by atomic mass is 31.1. The molecule has 0 saturated carbocycles. The van der Waals surface area contributed by atoms with Crippen molar-refractivity contribution in [2.24, 2.45) is 0 Å². The molecule has 0 aliphatic rings. The van der Waals surface area contributed by atoms with Crippen LogP contribution in [0.5, 0.6) is 5.75 Å². The Balaban J connectivity index is 0.000000175. The molecule has 1 heterocycles. The SMILES string of the molecule is O.O=[P+](O)c1ccccc1-c1ccccc1O.O=[p+]1oc2ccccc2c2ccccc21. The third-order valence-electron chi connectivity index (χ3n) is 4.76. The molecule has 0 bridgehead atoms. The number of phenols is 1. The summed E-state index contributed by atoms with van der Waals surface area (Å²) in [5, 5.41) is 12.8. The first-order valence-corrected chi connectivity index (χ1v) is 11.8. The van der Waals surface area contributed by atoms with Gasteiger partial charge in [-0.3, -0.25) is 0 Å². The van der Waals surface area contributed by atoms with Crippen LogP contribution >= 0.6 is 15.7 Å². The summed E-state index contributed by atoms with van der Waals surface area (Å²) in [6.07, 6.45) is 0. The van der Waals surface area contributed by atoms with Crippen LogP contribution in [0.3, 0.4) is 0 Å². The molecule has 0 saturated heterocycles. The predicted octanol–water partition coefficient (Wildman–Crippen LogP) is 5.92. The van der Waals surface area contributed by atoms with Gasteiger partial charge >= 0.3 is 15.7 Å². The van der Waals surface area contributed by atoms with Gasteiger partial charge in [0, 0.05) is 21.9 Å². The lowest BCUT2D eigenvalue weighted by atomic mass is 10.0. The maximum Gasteiger partial charge on any atom is 0.597 e. The van der Waals surface area contributed by atoms with Crippen LogP contribution in [0.2, 0.25) is 0 Å². The summed E-state index contributed by atoms with van der Waals surface area (Å²) in [5.41, 5.74) is 1.86. The van der Waals surface area contributed by atoms with E-state index in [1.807, 2.05) is 48.5 Å². The Bertz CT molecular complexity index is 1460. The molecule has 5 rings (SSSR count). The monoisotopic (exact) mass is 466 g/mol. The van der Waals surface area contributed by atoms with E-state index in [0.717, 1.165) is 15.9 Å². The number of para-hydroxylation sites is 2. The van der Waals surface area contributed by atoms with E-state index in [0.29, 0.717) is 22.0 Å². The molecule has 4 aromatic carbocycles. The summed E-state index contributed by atoms with van der Waals surface area (Å²) in [4.78, 5) is 9.18. The first-order valence-electron chi connectivity index (χ1n) is 9.43. The average Bonchev–Trinajstić information content (AvgIpc) is 2.80. The normalized spacial score (nSPS) is 11.3. The molecule has 0 aliphatic heterocycles. The van der Waals surface area contributed by atoms with E-state index in [9.17, 15) is 19.1 Å². The van der Waals surface area contributed by atoms with Gasteiger partial charge in [-0.25, -0.2) is 4.20 Å². The van der Waals surface area contributed by atoms with E-state index < -0.39 is 15.7 Å². The van der Waals surface area contributed by atoms with Gasteiger partial charge in [-0.1, -0.05) is 60.7 Å². The second-order valence-electron chi connectivity index (χ2n) is 6.67. The summed E-state index contributed by atoms with van der Waals surface area (Å²) in [6.45, 7) is 0. The number of aromatic hydroxyl groups is 1. The topological polar surface area (TPSA) is 119 Å². The Morgan fingerprint density at radius 3 is 2.00 bits per heavy atom. The van der Waals surface area contributed by atoms with Crippen molar-refractivity contribution in [2.45, 2.75) is 0 Å². The highest BCUT2D eigenvalue weighted by molar-refractivity contribution is 7.47. The first-order chi connectivity index (χ1) is 15.1. The summed E-state index contributed by atoms with van der Waals surface area (Å²) in [7, 11) is -4.16. The van der Waals surface area contributed by atoms with Crippen molar-refractivity contribution in [1.29, 1.82) is 0 Å². The molecule has 0 amide bonds. The lowest BCUT2D eigenvalue weighted by Crippen LogP contribution is -2.00. The van der Waals surface area contributed by atoms with Gasteiger partial charge in [-0.15, -0.1) is 0 Å². The van der Waals surface area contributed by atoms with E-state index in [2.05, 4.69) is 0 Å². The Hall–Kier alpha value is -3.40. The van der Waals surface area contributed by atoms with Gasteiger partial charge in [0.05, 0.1) is 0 Å². The van der Waals surface area contributed by atoms with E-state index in [-0.39, 0.29) is 11.2 Å². The van der Waals surface area contributed by atoms with Gasteiger partial charge in [0.25, 0.3) is 0 Å². The molecule has 1 aromatic heterocycles. The summed E-state index contributed by atoms with van der Waals surface area (Å²) < 4.78 is 28.3. The fraction of sp³-hybridized carbons (Fsp3) is 0. The molecule has 2 unspecified atom stereocenters. The fourth-order valence-corrected chi connectivity index (χ4v) is 4.99. The predicted molar refractivity (Wildman–Crippen MR) is 128 cm³/mol. The van der Waals surface area contributed by atoms with Crippen LogP contribution in [0.1, 0.15) is 0 Å². The van der Waals surface area contributed by atoms with E-state index in [4.69, 9.17) is 4.20 Å². The third-order valence-corrected chi connectivity index (χ3v) is 6.71. The molecule has 0 aliphatic carbocycles. The maximum absolute atomic E-state index is 11.8. The van der Waals surface area contributed by atoms with Crippen LogP contribution in [0.25, 0.3) is 32.6 Å². The second kappa shape index (κ2) is 10.3. The van der Waals surface area contributed by atoms with Crippen molar-refractivity contribution in [3.63, 3.8) is 0 Å². The summed E-state index contributed by atoms with van der Waals surface area (Å²) in [5.74, 6) is 0.104. The second-order valence-corrected chi connectivity index (χ2v) is 8.88. The average molecular weight is 466 g/mol. The van der Waals surface area contributed by atoms with Crippen molar-refractivity contribution in [1.82, 2.24) is 0 Å². The number of rotatable bonds is 2. The summed E-state index contributed by atoms with van der Waals surface area (Å²) in [6, 6.07) is 28.8. The van der Waals surface area contributed by atoms with Crippen molar-refractivity contribution in [3.8, 4) is 16.9 Å². The molecule has 160 valence electrons. The van der Waals surface area contributed by atoms with Gasteiger partial charge in [0.2, 0.25) is 10.4 Å². The molecule has 0 radical (unpaired) electrons. The Morgan fingerprint density at radius 1 is 0.719 bits per heavy atom. The Kier molecular flexibility index (Phi) is 7.47. The van der Waals surface area contributed by atoms with Crippen molar-refractivity contribution in [2.75, 3.05) is 0 Å². The van der Waals surface area contributed by atoms with Crippen molar-refractivity contribution >= 4 is 42.5 Å². The van der Waals surface area contributed by atoms with Crippen LogP contribution < -0.4 is 5.30 Å². The molecule has 32 heavy (non-hydrogen) atoms. The highest BCUT2D eigenvalue weighted by Gasteiger charge is 2.23. The lowest BCUT2D eigenvalue weighted by molar-refractivity contribution is 0.477. The van der Waals surface area contributed by atoms with Crippen LogP contribution in [0.15, 0.2) is 101 Å². The number of phenolic OH excluding ortho intramolecular Hbond substituents is 1. The standard InChI is InChI=1S/C12H9O3P.C12H8O2P.H2O/c13-11-7-3-1-5-9(11)10-6-2-4-8-12(10)16(14)15;13-15-12-8-4-2-6-10(12)9-5-1-3-7-11(9)14-15;/h1-8H,(H-,13,14,15);1-8H;1H2/q;+1;/p+1. The van der Waals surface area contributed by atoms with Crippen LogP contribution in [0.4, 0.5) is 0 Å². The zero-order valence-corrected chi connectivity index (χ0v) is 18.5. The molecule has 0 spiro atoms. The van der Waals surface area contributed by atoms with Crippen LogP contribution in [-0.4, -0.2) is 15.5 Å². The lowest BCUT2D eigenvalue weighted by Gasteiger charge is -2.03. The minimum Gasteiger partial charge on any atom is -0.507 e. The van der Waals surface area contributed by atoms with Gasteiger partial charge < -0.3 is 10.6 Å². The minimum atomic E-state index is -2.41. The Labute approximate surface area is 185 Å². The van der Waals surface area contributed by atoms with Crippen LogP contribution in [-0.2, 0) is 9.13 Å². The smallest absolute Gasteiger partial charge is 0.507 e. The molecule has 2 atom stereocenters. The number of benzene rings is 4. The quantitative estimate of drug-likeness (QED) is 0.247. The van der Waals surface area contributed by atoms with Crippen LogP contribution in [0, 0.1) is 0 Å². The number of fused-ring (bicyclic) bond motifs is 3. The van der Waals surface area contributed by atoms with Gasteiger partial charge in [0.1, 0.15) is 5.75 Å². The fourth-order valence-electron chi connectivity index (χ4n) is 3.34. The van der Waals surface area contributed by atoms with Gasteiger partial charge in [-0.2, -0.15) is 4.89 Å². The minimum absolute atomic E-state index is 0. The molecular formula is C24H20O6P2+2. The summed E-state index contributed by atoms with van der Waals surface area (Å²) >= 11 is 0. The van der Waals surface area contributed by atoms with Gasteiger partial charge in [-0.05, 0) is 45.5 Å². The zero-order chi connectivity index (χ0) is 21.8. The zero-order valence-electron chi connectivity index (χ0n) is 16.8. The highest BCUT2D eigenvalue weighted by Crippen LogP contribution is 2.34. The van der Waals surface area contributed by atoms with E-state index >= 15 is 0 Å². The molecule has 4 N–H and O–H groups in total. The van der Waals surface area contributed by atoms with Gasteiger partial charge in [0.15, 0.2) is 5.58 Å². The van der Waals surface area contributed by atoms with Crippen molar-refractivity contribution in [3.05, 3.63) is 97.1 Å². The number of hydrogen-bond donors (Lipinski definition) is 2. The Morgan fingerprint density at radius 2 is 1.28 bits per heavy atom. The maximum atomic E-state index is 11.8. The third kappa shape index (κ3) is 4.75. The molecule has 0 fully saturated rings. The first kappa shape index (κ1) is 23.3. The molecule has 8 heteroatoms. The van der Waals surface area contributed by atoms with E-state index in [1.165, 1.54) is 0 Å². The molecule has 5 aromatic rings. The largest absolute Gasteiger partial charge is 0.597 e. The van der Waals surface area contributed by atoms with Crippen molar-refractivity contribution < 1.29 is 28.8 Å². The van der Waals surface area contributed by atoms with E-state index in [1.54, 1.807) is 48.5 Å². The molecule has 6 nitrogen and oxygen atoms in total. The molecular weight excluding hydrogens is 446 g/mol.